The fourth-order valence-corrected chi connectivity index (χ4v) is 2.53. The van der Waals surface area contributed by atoms with Gasteiger partial charge >= 0.3 is 35.0 Å². The Morgan fingerprint density at radius 3 is 1.00 bits per heavy atom. The van der Waals surface area contributed by atoms with Crippen LogP contribution in [0.2, 0.25) is 0 Å². The largest absolute Gasteiger partial charge is 0.462 e. The fraction of sp³-hybridized carbons (Fsp3) is 0.714. The van der Waals surface area contributed by atoms with Gasteiger partial charge < -0.3 is 29.5 Å². The van der Waals surface area contributed by atoms with Gasteiger partial charge in [-0.1, -0.05) is 20.8 Å². The molecule has 0 spiro atoms. The minimum Gasteiger partial charge on any atom is -0.462 e. The van der Waals surface area contributed by atoms with Gasteiger partial charge in [-0.2, -0.15) is 0 Å². The third-order valence-electron chi connectivity index (χ3n) is 4.97. The van der Waals surface area contributed by atoms with Crippen molar-refractivity contribution in [1.82, 2.24) is 13.7 Å². The second-order valence-electron chi connectivity index (χ2n) is 7.84. The van der Waals surface area contributed by atoms with E-state index in [9.17, 15) is 44.1 Å². The molecule has 0 aromatic carbocycles. The highest BCUT2D eigenvalue weighted by Gasteiger charge is 2.23. The molecule has 1 heterocycles. The van der Waals surface area contributed by atoms with Gasteiger partial charge in [-0.15, -0.1) is 0 Å². The van der Waals surface area contributed by atoms with Crippen LogP contribution in [0, 0.1) is 0 Å². The Balaban J connectivity index is 3.34. The van der Waals surface area contributed by atoms with Gasteiger partial charge in [0.1, 0.15) is 39.5 Å². The lowest BCUT2D eigenvalue weighted by Gasteiger charge is -2.15. The Hall–Kier alpha value is -3.30. The standard InChI is InChI=1S/C21H33N3O12/c1-4-13(25)10-34-16(28)7-22-19(31)23(8-17(29)35-11-14(26)5-2)21(33)24(20(22)32)9-18(30)36-12-15(27)6-3/h13-15,25-27H,4-12H2,1-3H3. The number of aliphatic hydroxyl groups excluding tert-OH is 3. The first-order chi connectivity index (χ1) is 16.9. The number of carbonyl (C=O) groups is 3. The maximum absolute atomic E-state index is 12.8. The van der Waals surface area contributed by atoms with E-state index in [1.165, 1.54) is 0 Å². The second kappa shape index (κ2) is 15.0. The van der Waals surface area contributed by atoms with E-state index in [1.807, 2.05) is 0 Å². The summed E-state index contributed by atoms with van der Waals surface area (Å²) < 4.78 is 15.3. The first-order valence-corrected chi connectivity index (χ1v) is 11.4. The van der Waals surface area contributed by atoms with E-state index in [-0.39, 0.29) is 33.0 Å². The van der Waals surface area contributed by atoms with Crippen molar-refractivity contribution in [3.63, 3.8) is 0 Å². The monoisotopic (exact) mass is 519 g/mol. The minimum atomic E-state index is -1.35. The third kappa shape index (κ3) is 9.39. The number of nitrogens with zero attached hydrogens (tertiary/aromatic N) is 3. The molecule has 0 radical (unpaired) electrons. The van der Waals surface area contributed by atoms with E-state index < -0.39 is 92.7 Å². The zero-order valence-electron chi connectivity index (χ0n) is 20.5. The summed E-state index contributed by atoms with van der Waals surface area (Å²) >= 11 is 0. The molecule has 0 aliphatic carbocycles. The van der Waals surface area contributed by atoms with Crippen molar-refractivity contribution in [2.24, 2.45) is 0 Å². The Labute approximate surface area is 205 Å². The number of hydrogen-bond acceptors (Lipinski definition) is 12. The number of aliphatic hydroxyl groups is 3. The lowest BCUT2D eigenvalue weighted by atomic mass is 10.3. The number of rotatable bonds is 15. The molecular formula is C21H33N3O12. The molecule has 0 bridgehead atoms. The van der Waals surface area contributed by atoms with Crippen molar-refractivity contribution in [1.29, 1.82) is 0 Å². The highest BCUT2D eigenvalue weighted by atomic mass is 16.6. The third-order valence-corrected chi connectivity index (χ3v) is 4.97. The van der Waals surface area contributed by atoms with Crippen LogP contribution in [0.3, 0.4) is 0 Å². The molecule has 36 heavy (non-hydrogen) atoms. The van der Waals surface area contributed by atoms with E-state index >= 15 is 0 Å². The fourth-order valence-electron chi connectivity index (χ4n) is 2.53. The van der Waals surface area contributed by atoms with E-state index in [0.29, 0.717) is 0 Å². The summed E-state index contributed by atoms with van der Waals surface area (Å²) in [6.07, 6.45) is -2.11. The van der Waals surface area contributed by atoms with Crippen molar-refractivity contribution in [3.8, 4) is 0 Å². The quantitative estimate of drug-likeness (QED) is 0.158. The normalized spacial score (nSPS) is 13.5. The molecular weight excluding hydrogens is 486 g/mol. The van der Waals surface area contributed by atoms with E-state index in [0.717, 1.165) is 0 Å². The zero-order chi connectivity index (χ0) is 27.4. The number of aromatic nitrogens is 3. The summed E-state index contributed by atoms with van der Waals surface area (Å²) in [6.45, 7) is 0.727. The summed E-state index contributed by atoms with van der Waals surface area (Å²) in [5.74, 6) is -3.29. The molecule has 0 aliphatic rings. The summed E-state index contributed by atoms with van der Waals surface area (Å²) in [5, 5.41) is 28.6. The van der Waals surface area contributed by atoms with Crippen LogP contribution < -0.4 is 17.1 Å². The maximum Gasteiger partial charge on any atom is 0.337 e. The molecule has 3 N–H and O–H groups in total. The van der Waals surface area contributed by atoms with Crippen LogP contribution >= 0.6 is 0 Å². The van der Waals surface area contributed by atoms with Crippen molar-refractivity contribution in [2.75, 3.05) is 19.8 Å². The molecule has 1 rings (SSSR count). The molecule has 0 saturated heterocycles. The minimum absolute atomic E-state index is 0.272. The van der Waals surface area contributed by atoms with Crippen LogP contribution in [0.1, 0.15) is 40.0 Å². The number of ether oxygens (including phenoxy) is 3. The lowest BCUT2D eigenvalue weighted by Crippen LogP contribution is -2.56. The summed E-state index contributed by atoms with van der Waals surface area (Å²) in [5.41, 5.74) is -4.05. The SMILES string of the molecule is CCC(O)COC(=O)Cn1c(=O)n(CC(=O)OCC(O)CC)c(=O)n(CC(=O)OCC(O)CC)c1=O. The number of hydrogen-bond donors (Lipinski definition) is 3. The topological polar surface area (TPSA) is 206 Å². The Morgan fingerprint density at radius 2 is 0.806 bits per heavy atom. The average Bonchev–Trinajstić information content (AvgIpc) is 2.86. The molecule has 15 nitrogen and oxygen atoms in total. The van der Waals surface area contributed by atoms with E-state index in [1.54, 1.807) is 20.8 Å². The van der Waals surface area contributed by atoms with Gasteiger partial charge in [0.15, 0.2) is 0 Å². The van der Waals surface area contributed by atoms with Crippen LogP contribution in [0.25, 0.3) is 0 Å². The van der Waals surface area contributed by atoms with Crippen LogP contribution in [-0.4, -0.2) is 85.1 Å². The van der Waals surface area contributed by atoms with Gasteiger partial charge in [-0.25, -0.2) is 28.1 Å². The van der Waals surface area contributed by atoms with Crippen molar-refractivity contribution in [2.45, 2.75) is 78.0 Å². The van der Waals surface area contributed by atoms with Gasteiger partial charge in [0.05, 0.1) is 18.3 Å². The molecule has 204 valence electrons. The van der Waals surface area contributed by atoms with E-state index in [4.69, 9.17) is 14.2 Å². The van der Waals surface area contributed by atoms with Crippen molar-refractivity contribution >= 4 is 17.9 Å². The molecule has 1 aromatic rings. The lowest BCUT2D eigenvalue weighted by molar-refractivity contribution is -0.147. The molecule has 0 saturated carbocycles. The van der Waals surface area contributed by atoms with Gasteiger partial charge in [-0.3, -0.25) is 14.4 Å². The Kier molecular flexibility index (Phi) is 12.8. The molecule has 3 unspecified atom stereocenters. The van der Waals surface area contributed by atoms with Crippen LogP contribution in [0.5, 0.6) is 0 Å². The predicted octanol–water partition coefficient (Wildman–Crippen LogP) is -2.89. The smallest absolute Gasteiger partial charge is 0.337 e. The highest BCUT2D eigenvalue weighted by molar-refractivity contribution is 5.70. The average molecular weight is 520 g/mol. The summed E-state index contributed by atoms with van der Waals surface area (Å²) in [4.78, 5) is 74.9. The van der Waals surface area contributed by atoms with Gasteiger partial charge in [0.25, 0.3) is 0 Å². The van der Waals surface area contributed by atoms with Gasteiger partial charge in [0, 0.05) is 0 Å². The van der Waals surface area contributed by atoms with Crippen LogP contribution in [-0.2, 0) is 48.2 Å². The van der Waals surface area contributed by atoms with E-state index in [2.05, 4.69) is 0 Å². The molecule has 1 aromatic heterocycles. The second-order valence-corrected chi connectivity index (χ2v) is 7.84. The zero-order valence-corrected chi connectivity index (χ0v) is 20.5. The van der Waals surface area contributed by atoms with Crippen LogP contribution in [0.4, 0.5) is 0 Å². The van der Waals surface area contributed by atoms with Gasteiger partial charge in [0.2, 0.25) is 0 Å². The van der Waals surface area contributed by atoms with Crippen LogP contribution in [0.15, 0.2) is 14.4 Å². The highest BCUT2D eigenvalue weighted by Crippen LogP contribution is 1.95. The Bertz CT molecular complexity index is 910. The molecule has 15 heteroatoms. The maximum atomic E-state index is 12.8. The molecule has 3 atom stereocenters. The Morgan fingerprint density at radius 1 is 0.583 bits per heavy atom. The molecule has 0 aliphatic heterocycles. The first kappa shape index (κ1) is 30.7. The molecule has 0 amide bonds. The first-order valence-electron chi connectivity index (χ1n) is 11.4. The van der Waals surface area contributed by atoms with Crippen molar-refractivity contribution in [3.05, 3.63) is 31.5 Å². The predicted molar refractivity (Wildman–Crippen MR) is 121 cm³/mol. The molecule has 0 fully saturated rings. The summed E-state index contributed by atoms with van der Waals surface area (Å²) in [7, 11) is 0. The van der Waals surface area contributed by atoms with Gasteiger partial charge in [-0.05, 0) is 19.3 Å². The number of esters is 3. The van der Waals surface area contributed by atoms with Crippen molar-refractivity contribution < 1.29 is 43.9 Å². The number of carbonyl (C=O) groups excluding carboxylic acids is 3. The summed E-state index contributed by atoms with van der Waals surface area (Å²) in [6, 6.07) is 0.